The lowest BCUT2D eigenvalue weighted by molar-refractivity contribution is -0.140. The number of imide groups is 1. The van der Waals surface area contributed by atoms with Crippen molar-refractivity contribution in [3.8, 4) is 11.5 Å². The first-order valence-corrected chi connectivity index (χ1v) is 11.1. The number of carbonyl (C=O) groups is 3. The molecule has 166 valence electrons. The van der Waals surface area contributed by atoms with Crippen LogP contribution in [0.15, 0.2) is 58.4 Å². The predicted octanol–water partition coefficient (Wildman–Crippen LogP) is 4.89. The predicted molar refractivity (Wildman–Crippen MR) is 126 cm³/mol. The molecule has 1 aliphatic rings. The fraction of sp³-hybridized carbons (Fsp3) is 0.174. The van der Waals surface area contributed by atoms with Gasteiger partial charge in [-0.05, 0) is 59.7 Å². The molecular weight excluding hydrogens is 498 g/mol. The zero-order valence-corrected chi connectivity index (χ0v) is 19.6. The molecule has 3 rings (SSSR count). The van der Waals surface area contributed by atoms with Gasteiger partial charge in [0, 0.05) is 10.0 Å². The van der Waals surface area contributed by atoms with Crippen LogP contribution in [0.1, 0.15) is 16.7 Å². The van der Waals surface area contributed by atoms with Gasteiger partial charge in [0.1, 0.15) is 13.2 Å². The van der Waals surface area contributed by atoms with Crippen LogP contribution in [0, 0.1) is 0 Å². The Labute approximate surface area is 197 Å². The van der Waals surface area contributed by atoms with Crippen LogP contribution < -0.4 is 9.47 Å². The average molecular weight is 518 g/mol. The van der Waals surface area contributed by atoms with Crippen molar-refractivity contribution in [2.45, 2.75) is 13.0 Å². The Hall–Kier alpha value is -3.04. The molecule has 0 atom stereocenters. The SMILES string of the molecule is C=CCc1cc(/C=C2/SC(=O)N(CC(=O)O)C2=O)cc(OC)c1OCc1ccc(Br)cc1. The van der Waals surface area contributed by atoms with Crippen molar-refractivity contribution in [3.05, 3.63) is 75.1 Å². The quantitative estimate of drug-likeness (QED) is 0.374. The Morgan fingerprint density at radius 1 is 1.25 bits per heavy atom. The van der Waals surface area contributed by atoms with Gasteiger partial charge in [-0.1, -0.05) is 34.1 Å². The molecule has 9 heteroatoms. The number of carboxylic acid groups (broad SMARTS) is 1. The minimum absolute atomic E-state index is 0.145. The lowest BCUT2D eigenvalue weighted by Crippen LogP contribution is -2.33. The fourth-order valence-electron chi connectivity index (χ4n) is 3.05. The van der Waals surface area contributed by atoms with Crippen LogP contribution in [0.25, 0.3) is 6.08 Å². The third-order valence-corrected chi connectivity index (χ3v) is 5.94. The van der Waals surface area contributed by atoms with Gasteiger partial charge >= 0.3 is 5.97 Å². The third kappa shape index (κ3) is 5.60. The van der Waals surface area contributed by atoms with Gasteiger partial charge in [-0.25, -0.2) is 0 Å². The van der Waals surface area contributed by atoms with E-state index in [9.17, 15) is 14.4 Å². The van der Waals surface area contributed by atoms with Gasteiger partial charge in [0.2, 0.25) is 0 Å². The summed E-state index contributed by atoms with van der Waals surface area (Å²) >= 11 is 4.11. The van der Waals surface area contributed by atoms with Crippen LogP contribution in [0.3, 0.4) is 0 Å². The zero-order chi connectivity index (χ0) is 23.3. The van der Waals surface area contributed by atoms with Crippen molar-refractivity contribution in [3.63, 3.8) is 0 Å². The number of nitrogens with zero attached hydrogens (tertiary/aromatic N) is 1. The van der Waals surface area contributed by atoms with E-state index in [0.29, 0.717) is 46.8 Å². The first-order chi connectivity index (χ1) is 15.3. The summed E-state index contributed by atoms with van der Waals surface area (Å²) in [7, 11) is 1.52. The molecule has 0 unspecified atom stereocenters. The number of amides is 2. The number of methoxy groups -OCH3 is 1. The van der Waals surface area contributed by atoms with Crippen LogP contribution in [0.2, 0.25) is 0 Å². The molecule has 1 saturated heterocycles. The lowest BCUT2D eigenvalue weighted by atomic mass is 10.0. The molecule has 2 aromatic rings. The summed E-state index contributed by atoms with van der Waals surface area (Å²) in [6.07, 6.45) is 3.76. The molecule has 1 aliphatic heterocycles. The normalized spacial score (nSPS) is 14.7. The zero-order valence-electron chi connectivity index (χ0n) is 17.2. The number of thioether (sulfide) groups is 1. The van der Waals surface area contributed by atoms with Crippen molar-refractivity contribution in [1.82, 2.24) is 4.90 Å². The van der Waals surface area contributed by atoms with Gasteiger partial charge in [-0.3, -0.25) is 19.3 Å². The van der Waals surface area contributed by atoms with E-state index in [4.69, 9.17) is 14.6 Å². The van der Waals surface area contributed by atoms with Gasteiger partial charge in [-0.15, -0.1) is 6.58 Å². The van der Waals surface area contributed by atoms with Crippen LogP contribution in [-0.4, -0.2) is 40.8 Å². The smallest absolute Gasteiger partial charge is 0.323 e. The van der Waals surface area contributed by atoms with E-state index in [1.807, 2.05) is 30.3 Å². The fourth-order valence-corrected chi connectivity index (χ4v) is 4.15. The summed E-state index contributed by atoms with van der Waals surface area (Å²) in [6.45, 7) is 3.45. The Balaban J connectivity index is 1.90. The highest BCUT2D eigenvalue weighted by molar-refractivity contribution is 9.10. The Bertz CT molecular complexity index is 1100. The third-order valence-electron chi connectivity index (χ3n) is 4.50. The van der Waals surface area contributed by atoms with Gasteiger partial charge in [0.15, 0.2) is 11.5 Å². The van der Waals surface area contributed by atoms with Crippen LogP contribution in [-0.2, 0) is 22.6 Å². The minimum Gasteiger partial charge on any atom is -0.493 e. The molecule has 0 bridgehead atoms. The molecule has 7 nitrogen and oxygen atoms in total. The number of aliphatic carboxylic acids is 1. The van der Waals surface area contributed by atoms with Crippen molar-refractivity contribution in [1.29, 1.82) is 0 Å². The second kappa shape index (κ2) is 10.5. The van der Waals surface area contributed by atoms with Crippen molar-refractivity contribution in [2.24, 2.45) is 0 Å². The summed E-state index contributed by atoms with van der Waals surface area (Å²) < 4.78 is 12.6. The number of rotatable bonds is 9. The maximum atomic E-state index is 12.4. The van der Waals surface area contributed by atoms with E-state index in [1.165, 1.54) is 7.11 Å². The number of hydrogen-bond donors (Lipinski definition) is 1. The molecule has 32 heavy (non-hydrogen) atoms. The van der Waals surface area contributed by atoms with E-state index < -0.39 is 23.7 Å². The molecule has 0 saturated carbocycles. The lowest BCUT2D eigenvalue weighted by Gasteiger charge is -2.16. The van der Waals surface area contributed by atoms with Crippen LogP contribution >= 0.6 is 27.7 Å². The average Bonchev–Trinajstić information content (AvgIpc) is 3.01. The van der Waals surface area contributed by atoms with Crippen molar-refractivity contribution in [2.75, 3.05) is 13.7 Å². The maximum absolute atomic E-state index is 12.4. The molecule has 0 radical (unpaired) electrons. The molecule has 0 aromatic heterocycles. The highest BCUT2D eigenvalue weighted by Gasteiger charge is 2.36. The number of benzene rings is 2. The summed E-state index contributed by atoms with van der Waals surface area (Å²) in [5.74, 6) is -0.859. The second-order valence-electron chi connectivity index (χ2n) is 6.78. The van der Waals surface area contributed by atoms with Crippen LogP contribution in [0.4, 0.5) is 4.79 Å². The highest BCUT2D eigenvalue weighted by Crippen LogP contribution is 2.37. The largest absolute Gasteiger partial charge is 0.493 e. The molecule has 0 aliphatic carbocycles. The summed E-state index contributed by atoms with van der Waals surface area (Å²) in [5, 5.41) is 8.29. The molecule has 0 spiro atoms. The Morgan fingerprint density at radius 2 is 1.97 bits per heavy atom. The first-order valence-electron chi connectivity index (χ1n) is 9.48. The van der Waals surface area contributed by atoms with Crippen LogP contribution in [0.5, 0.6) is 11.5 Å². The number of halogens is 1. The molecule has 1 fully saturated rings. The van der Waals surface area contributed by atoms with E-state index in [-0.39, 0.29) is 4.91 Å². The Morgan fingerprint density at radius 3 is 2.59 bits per heavy atom. The maximum Gasteiger partial charge on any atom is 0.323 e. The molecule has 2 amide bonds. The van der Waals surface area contributed by atoms with E-state index in [1.54, 1.807) is 18.2 Å². The summed E-state index contributed by atoms with van der Waals surface area (Å²) in [5.41, 5.74) is 2.40. The topological polar surface area (TPSA) is 93.1 Å². The Kier molecular flexibility index (Phi) is 7.76. The second-order valence-corrected chi connectivity index (χ2v) is 8.69. The first kappa shape index (κ1) is 23.6. The number of carbonyl (C=O) groups excluding carboxylic acids is 2. The molecule has 2 aromatic carbocycles. The molecular formula is C23H20BrNO6S. The van der Waals surface area contributed by atoms with E-state index in [2.05, 4.69) is 22.5 Å². The van der Waals surface area contributed by atoms with E-state index >= 15 is 0 Å². The van der Waals surface area contributed by atoms with Gasteiger partial charge in [-0.2, -0.15) is 0 Å². The summed E-state index contributed by atoms with van der Waals surface area (Å²) in [4.78, 5) is 36.2. The number of ether oxygens (including phenoxy) is 2. The monoisotopic (exact) mass is 517 g/mol. The number of carboxylic acids is 1. The van der Waals surface area contributed by atoms with Gasteiger partial charge in [0.05, 0.1) is 12.0 Å². The highest BCUT2D eigenvalue weighted by atomic mass is 79.9. The van der Waals surface area contributed by atoms with E-state index in [0.717, 1.165) is 15.6 Å². The van der Waals surface area contributed by atoms with Crippen molar-refractivity contribution >= 4 is 50.9 Å². The standard InChI is InChI=1S/C23H20BrNO6S/c1-3-4-16-9-15(11-19-22(28)25(12-20(26)27)23(29)32-19)10-18(30-2)21(16)31-13-14-5-7-17(24)8-6-14/h3,5-11H,1,4,12-13H2,2H3,(H,26,27)/b19-11+. The molecule has 1 heterocycles. The van der Waals surface area contributed by atoms with Gasteiger partial charge < -0.3 is 14.6 Å². The minimum atomic E-state index is -1.25. The van der Waals surface area contributed by atoms with Crippen molar-refractivity contribution < 1.29 is 29.0 Å². The summed E-state index contributed by atoms with van der Waals surface area (Å²) in [6, 6.07) is 11.3. The van der Waals surface area contributed by atoms with Gasteiger partial charge in [0.25, 0.3) is 11.1 Å². The molecule has 1 N–H and O–H groups in total. The number of hydrogen-bond acceptors (Lipinski definition) is 6. The number of allylic oxidation sites excluding steroid dienone is 1.